The molecular weight excluding hydrogens is 504 g/mol. The second kappa shape index (κ2) is 9.43. The number of nitrogens with one attached hydrogen (secondary N) is 1. The van der Waals surface area contributed by atoms with E-state index in [1.807, 2.05) is 0 Å². The number of sulfonamides is 1. The zero-order chi connectivity index (χ0) is 26.3. The number of halogens is 4. The summed E-state index contributed by atoms with van der Waals surface area (Å²) in [6.45, 7) is 1.99. The van der Waals surface area contributed by atoms with Crippen molar-refractivity contribution >= 4 is 16.0 Å². The molecule has 1 aliphatic heterocycles. The lowest BCUT2D eigenvalue weighted by molar-refractivity contribution is -0.137. The average molecular weight is 525 g/mol. The predicted molar refractivity (Wildman–Crippen MR) is 120 cm³/mol. The minimum absolute atomic E-state index is 0.0788. The van der Waals surface area contributed by atoms with Crippen molar-refractivity contribution in [3.05, 3.63) is 47.6 Å². The molecule has 36 heavy (non-hydrogen) atoms. The molecule has 15 heteroatoms. The number of nitriles is 1. The first-order chi connectivity index (χ1) is 16.9. The first-order valence-corrected chi connectivity index (χ1v) is 12.5. The number of pyridine rings is 1. The van der Waals surface area contributed by atoms with Crippen LogP contribution in [0, 0.1) is 24.1 Å². The van der Waals surface area contributed by atoms with Crippen molar-refractivity contribution in [3.8, 4) is 23.1 Å². The number of alkyl halides is 3. The highest BCUT2D eigenvalue weighted by atomic mass is 32.2. The van der Waals surface area contributed by atoms with Gasteiger partial charge in [-0.05, 0) is 25.8 Å². The smallest absolute Gasteiger partial charge is 0.351 e. The number of aryl methyl sites for hydroxylation is 1. The minimum Gasteiger partial charge on any atom is -0.351 e. The summed E-state index contributed by atoms with van der Waals surface area (Å²) < 4.78 is 81.9. The molecule has 190 valence electrons. The molecule has 0 amide bonds. The van der Waals surface area contributed by atoms with Crippen molar-refractivity contribution in [1.29, 1.82) is 5.26 Å². The van der Waals surface area contributed by atoms with Crippen LogP contribution in [0.4, 0.5) is 23.5 Å². The third-order valence-electron chi connectivity index (χ3n) is 5.71. The van der Waals surface area contributed by atoms with Crippen LogP contribution in [0.25, 0.3) is 17.1 Å². The molecular formula is C21H20F4N8O2S. The first-order valence-electron chi connectivity index (χ1n) is 10.7. The number of anilines is 1. The molecule has 1 fully saturated rings. The van der Waals surface area contributed by atoms with Gasteiger partial charge in [0.1, 0.15) is 28.8 Å². The fourth-order valence-electron chi connectivity index (χ4n) is 3.90. The Hall–Kier alpha value is -3.64. The highest BCUT2D eigenvalue weighted by Gasteiger charge is 2.36. The Morgan fingerprint density at radius 1 is 1.19 bits per heavy atom. The number of aromatic nitrogens is 5. The molecule has 0 bridgehead atoms. The van der Waals surface area contributed by atoms with Gasteiger partial charge in [-0.3, -0.25) is 0 Å². The Balaban J connectivity index is 1.68. The first kappa shape index (κ1) is 25.5. The van der Waals surface area contributed by atoms with E-state index in [4.69, 9.17) is 5.26 Å². The zero-order valence-corrected chi connectivity index (χ0v) is 19.9. The van der Waals surface area contributed by atoms with Crippen LogP contribution >= 0.6 is 0 Å². The topological polar surface area (TPSA) is 130 Å². The normalized spacial score (nSPS) is 15.6. The van der Waals surface area contributed by atoms with E-state index < -0.39 is 39.0 Å². The van der Waals surface area contributed by atoms with Gasteiger partial charge < -0.3 is 9.88 Å². The SMILES string of the molecule is Cc1nc(-c2nc(NC3CCN(S(C)(=O)=O)CC3)ncc2C(F)(F)F)cn1-c1ccnc(C#N)c1F. The van der Waals surface area contributed by atoms with Gasteiger partial charge in [0.15, 0.2) is 11.5 Å². The maximum absolute atomic E-state index is 14.7. The maximum Gasteiger partial charge on any atom is 0.420 e. The standard InChI is InChI=1S/C21H20F4N8O2S/c1-12-29-16(11-33(12)17-3-6-27-15(9-26)18(17)22)19-14(21(23,24)25)10-28-20(31-19)30-13-4-7-32(8-5-13)36(2,34)35/h3,6,10-11,13H,4-5,7-8H2,1-2H3,(H,28,30,31). The molecule has 4 heterocycles. The molecule has 0 unspecified atom stereocenters. The summed E-state index contributed by atoms with van der Waals surface area (Å²) in [7, 11) is -3.33. The Morgan fingerprint density at radius 2 is 1.89 bits per heavy atom. The number of hydrogen-bond donors (Lipinski definition) is 1. The van der Waals surface area contributed by atoms with Crippen molar-refractivity contribution in [1.82, 2.24) is 28.8 Å². The molecule has 0 atom stereocenters. The Bertz CT molecular complexity index is 1440. The fourth-order valence-corrected chi connectivity index (χ4v) is 4.77. The summed E-state index contributed by atoms with van der Waals surface area (Å²) in [4.78, 5) is 15.7. The van der Waals surface area contributed by atoms with E-state index in [2.05, 4.69) is 25.3 Å². The van der Waals surface area contributed by atoms with Gasteiger partial charge in [0.05, 0.1) is 11.9 Å². The van der Waals surface area contributed by atoms with Gasteiger partial charge in [-0.25, -0.2) is 37.0 Å². The minimum atomic E-state index is -4.79. The second-order valence-electron chi connectivity index (χ2n) is 8.18. The lowest BCUT2D eigenvalue weighted by atomic mass is 10.1. The summed E-state index contributed by atoms with van der Waals surface area (Å²) in [5, 5.41) is 12.0. The van der Waals surface area contributed by atoms with Crippen LogP contribution in [-0.2, 0) is 16.2 Å². The van der Waals surface area contributed by atoms with Gasteiger partial charge >= 0.3 is 6.18 Å². The molecule has 0 saturated carbocycles. The summed E-state index contributed by atoms with van der Waals surface area (Å²) in [6.07, 6.45) is 0.214. The summed E-state index contributed by atoms with van der Waals surface area (Å²) in [5.41, 5.74) is -2.38. The van der Waals surface area contributed by atoms with E-state index >= 15 is 0 Å². The molecule has 3 aromatic rings. The molecule has 0 spiro atoms. The second-order valence-corrected chi connectivity index (χ2v) is 10.2. The van der Waals surface area contributed by atoms with Crippen LogP contribution in [0.2, 0.25) is 0 Å². The van der Waals surface area contributed by atoms with E-state index in [-0.39, 0.29) is 42.3 Å². The summed E-state index contributed by atoms with van der Waals surface area (Å²) in [6, 6.07) is 2.64. The summed E-state index contributed by atoms with van der Waals surface area (Å²) in [5.74, 6) is -0.855. The van der Waals surface area contributed by atoms with Gasteiger partial charge in [-0.2, -0.15) is 18.4 Å². The van der Waals surface area contributed by atoms with Crippen molar-refractivity contribution in [2.45, 2.75) is 32.0 Å². The number of nitrogens with zero attached hydrogens (tertiary/aromatic N) is 7. The molecule has 0 aromatic carbocycles. The van der Waals surface area contributed by atoms with Crippen LogP contribution in [-0.4, -0.2) is 62.6 Å². The summed E-state index contributed by atoms with van der Waals surface area (Å²) >= 11 is 0. The lowest BCUT2D eigenvalue weighted by Crippen LogP contribution is -2.42. The van der Waals surface area contributed by atoms with Crippen LogP contribution in [0.1, 0.15) is 29.9 Å². The average Bonchev–Trinajstić information content (AvgIpc) is 3.19. The van der Waals surface area contributed by atoms with E-state index in [9.17, 15) is 26.0 Å². The zero-order valence-electron chi connectivity index (χ0n) is 19.1. The van der Waals surface area contributed by atoms with Crippen LogP contribution in [0.15, 0.2) is 24.7 Å². The van der Waals surface area contributed by atoms with E-state index in [1.54, 1.807) is 6.07 Å². The monoisotopic (exact) mass is 524 g/mol. The third-order valence-corrected chi connectivity index (χ3v) is 7.01. The van der Waals surface area contributed by atoms with E-state index in [0.29, 0.717) is 19.0 Å². The van der Waals surface area contributed by atoms with E-state index in [1.165, 1.54) is 34.3 Å². The number of hydrogen-bond acceptors (Lipinski definition) is 8. The predicted octanol–water partition coefficient (Wildman–Crippen LogP) is 2.90. The highest BCUT2D eigenvalue weighted by Crippen LogP contribution is 2.36. The highest BCUT2D eigenvalue weighted by molar-refractivity contribution is 7.88. The lowest BCUT2D eigenvalue weighted by Gasteiger charge is -2.30. The molecule has 3 aromatic heterocycles. The molecule has 10 nitrogen and oxygen atoms in total. The van der Waals surface area contributed by atoms with Crippen molar-refractivity contribution in [3.63, 3.8) is 0 Å². The Labute approximate surface area is 203 Å². The molecule has 0 radical (unpaired) electrons. The molecule has 1 aliphatic rings. The van der Waals surface area contributed by atoms with Crippen LogP contribution in [0.5, 0.6) is 0 Å². The van der Waals surface area contributed by atoms with Gasteiger partial charge in [-0.1, -0.05) is 0 Å². The van der Waals surface area contributed by atoms with Crippen molar-refractivity contribution < 1.29 is 26.0 Å². The van der Waals surface area contributed by atoms with Crippen molar-refractivity contribution in [2.75, 3.05) is 24.7 Å². The van der Waals surface area contributed by atoms with Gasteiger partial charge in [0.25, 0.3) is 0 Å². The maximum atomic E-state index is 14.7. The van der Waals surface area contributed by atoms with E-state index in [0.717, 1.165) is 6.26 Å². The van der Waals surface area contributed by atoms with Crippen LogP contribution < -0.4 is 5.32 Å². The number of imidazole rings is 1. The van der Waals surface area contributed by atoms with Crippen molar-refractivity contribution in [2.24, 2.45) is 0 Å². The fraction of sp³-hybridized carbons (Fsp3) is 0.381. The Kier molecular flexibility index (Phi) is 6.67. The third kappa shape index (κ3) is 5.14. The van der Waals surface area contributed by atoms with Crippen LogP contribution in [0.3, 0.4) is 0 Å². The Morgan fingerprint density at radius 3 is 2.50 bits per heavy atom. The van der Waals surface area contributed by atoms with Gasteiger partial charge in [-0.15, -0.1) is 0 Å². The van der Waals surface area contributed by atoms with Gasteiger partial charge in [0, 0.05) is 37.7 Å². The molecule has 1 N–H and O–H groups in total. The largest absolute Gasteiger partial charge is 0.420 e. The number of piperidine rings is 1. The molecule has 4 rings (SSSR count). The molecule has 0 aliphatic carbocycles. The quantitative estimate of drug-likeness (QED) is 0.505. The molecule has 1 saturated heterocycles. The number of rotatable bonds is 5. The van der Waals surface area contributed by atoms with Gasteiger partial charge in [0.2, 0.25) is 16.0 Å².